The van der Waals surface area contributed by atoms with Crippen LogP contribution in [0.3, 0.4) is 0 Å². The molecule has 5 heteroatoms. The lowest BCUT2D eigenvalue weighted by atomic mass is 10.2. The Morgan fingerprint density at radius 3 is 2.54 bits per heavy atom. The Hall–Kier alpha value is -0.840. The SMILES string of the molecule is CCCCN(CCC(C)O)[N+](=O)[O-]. The maximum Gasteiger partial charge on any atom is 0.160 e. The zero-order valence-electron chi connectivity index (χ0n) is 8.27. The van der Waals surface area contributed by atoms with Gasteiger partial charge in [0.15, 0.2) is 5.03 Å². The lowest BCUT2D eigenvalue weighted by Crippen LogP contribution is -2.33. The van der Waals surface area contributed by atoms with E-state index in [-0.39, 0.29) is 0 Å². The first-order valence-electron chi connectivity index (χ1n) is 4.65. The van der Waals surface area contributed by atoms with E-state index in [1.165, 1.54) is 0 Å². The molecule has 0 spiro atoms. The number of rotatable bonds is 7. The molecule has 0 aliphatic carbocycles. The summed E-state index contributed by atoms with van der Waals surface area (Å²) in [5.41, 5.74) is 0. The number of nitrogens with zero attached hydrogens (tertiary/aromatic N) is 2. The Labute approximate surface area is 78.5 Å². The van der Waals surface area contributed by atoms with Crippen molar-refractivity contribution in [3.05, 3.63) is 10.1 Å². The molecule has 0 radical (unpaired) electrons. The highest BCUT2D eigenvalue weighted by Crippen LogP contribution is 1.99. The maximum absolute atomic E-state index is 10.5. The number of hydrazine groups is 1. The van der Waals surface area contributed by atoms with E-state index in [0.717, 1.165) is 17.9 Å². The van der Waals surface area contributed by atoms with Crippen molar-refractivity contribution in [1.82, 2.24) is 5.01 Å². The molecule has 0 aromatic heterocycles. The van der Waals surface area contributed by atoms with Gasteiger partial charge in [-0.1, -0.05) is 13.3 Å². The molecule has 0 aliphatic rings. The molecule has 78 valence electrons. The van der Waals surface area contributed by atoms with Crippen molar-refractivity contribution in [1.29, 1.82) is 0 Å². The van der Waals surface area contributed by atoms with Crippen molar-refractivity contribution in [2.75, 3.05) is 13.1 Å². The molecule has 0 aromatic carbocycles. The first-order chi connectivity index (χ1) is 6.07. The van der Waals surface area contributed by atoms with Gasteiger partial charge in [-0.25, -0.2) is 10.1 Å². The largest absolute Gasteiger partial charge is 0.393 e. The third-order valence-corrected chi connectivity index (χ3v) is 1.81. The van der Waals surface area contributed by atoms with Crippen molar-refractivity contribution in [3.63, 3.8) is 0 Å². The molecule has 1 unspecified atom stereocenters. The van der Waals surface area contributed by atoms with Crippen molar-refractivity contribution < 1.29 is 10.1 Å². The molecule has 1 N–H and O–H groups in total. The monoisotopic (exact) mass is 190 g/mol. The molecular formula is C8H18N2O3. The first kappa shape index (κ1) is 12.2. The lowest BCUT2D eigenvalue weighted by Gasteiger charge is -2.14. The highest BCUT2D eigenvalue weighted by Gasteiger charge is 2.13. The Morgan fingerprint density at radius 1 is 1.54 bits per heavy atom. The fourth-order valence-corrected chi connectivity index (χ4v) is 0.952. The van der Waals surface area contributed by atoms with Crippen LogP contribution in [0.5, 0.6) is 0 Å². The second kappa shape index (κ2) is 6.65. The van der Waals surface area contributed by atoms with E-state index < -0.39 is 11.1 Å². The Bertz CT molecular complexity index is 150. The number of hydrogen-bond acceptors (Lipinski definition) is 3. The molecule has 0 aromatic rings. The van der Waals surface area contributed by atoms with Crippen LogP contribution >= 0.6 is 0 Å². The van der Waals surface area contributed by atoms with E-state index >= 15 is 0 Å². The van der Waals surface area contributed by atoms with Gasteiger partial charge < -0.3 is 5.11 Å². The van der Waals surface area contributed by atoms with E-state index in [1.54, 1.807) is 6.92 Å². The molecular weight excluding hydrogens is 172 g/mol. The van der Waals surface area contributed by atoms with Crippen molar-refractivity contribution in [3.8, 4) is 0 Å². The topological polar surface area (TPSA) is 66.6 Å². The van der Waals surface area contributed by atoms with Gasteiger partial charge in [0, 0.05) is 0 Å². The molecule has 0 saturated carbocycles. The van der Waals surface area contributed by atoms with Gasteiger partial charge in [0.25, 0.3) is 0 Å². The van der Waals surface area contributed by atoms with E-state index in [2.05, 4.69) is 0 Å². The summed E-state index contributed by atoms with van der Waals surface area (Å²) in [6, 6.07) is 0. The Morgan fingerprint density at radius 2 is 2.15 bits per heavy atom. The van der Waals surface area contributed by atoms with Gasteiger partial charge in [0.05, 0.1) is 19.2 Å². The van der Waals surface area contributed by atoms with Gasteiger partial charge in [-0.15, -0.1) is 5.01 Å². The third-order valence-electron chi connectivity index (χ3n) is 1.81. The molecule has 0 saturated heterocycles. The quantitative estimate of drug-likeness (QED) is 0.481. The lowest BCUT2D eigenvalue weighted by molar-refractivity contribution is -0.655. The summed E-state index contributed by atoms with van der Waals surface area (Å²) < 4.78 is 0. The minimum atomic E-state index is -0.468. The summed E-state index contributed by atoms with van der Waals surface area (Å²) in [5, 5.41) is 20.2. The summed E-state index contributed by atoms with van der Waals surface area (Å²) in [6.45, 7) is 4.42. The zero-order valence-corrected chi connectivity index (χ0v) is 8.27. The highest BCUT2D eigenvalue weighted by atomic mass is 16.7. The maximum atomic E-state index is 10.5. The first-order valence-corrected chi connectivity index (χ1v) is 4.65. The summed E-state index contributed by atoms with van der Waals surface area (Å²) in [4.78, 5) is 10.5. The molecule has 0 rings (SSSR count). The highest BCUT2D eigenvalue weighted by molar-refractivity contribution is 4.51. The van der Waals surface area contributed by atoms with Gasteiger partial charge in [0.1, 0.15) is 0 Å². The average molecular weight is 190 g/mol. The second-order valence-corrected chi connectivity index (χ2v) is 3.18. The van der Waals surface area contributed by atoms with E-state index in [4.69, 9.17) is 5.11 Å². The predicted octanol–water partition coefficient (Wildman–Crippen LogP) is 1.05. The fourth-order valence-electron chi connectivity index (χ4n) is 0.952. The molecule has 1 atom stereocenters. The van der Waals surface area contributed by atoms with Gasteiger partial charge >= 0.3 is 0 Å². The van der Waals surface area contributed by atoms with Gasteiger partial charge in [-0.2, -0.15) is 0 Å². The minimum absolute atomic E-state index is 0.324. The number of nitro groups is 1. The van der Waals surface area contributed by atoms with Gasteiger partial charge in [-0.05, 0) is 19.8 Å². The summed E-state index contributed by atoms with van der Waals surface area (Å²) >= 11 is 0. The fraction of sp³-hybridized carbons (Fsp3) is 1.00. The molecule has 0 fully saturated rings. The number of aliphatic hydroxyl groups excluding tert-OH is 1. The van der Waals surface area contributed by atoms with E-state index in [1.807, 2.05) is 6.92 Å². The molecule has 5 nitrogen and oxygen atoms in total. The third kappa shape index (κ3) is 6.33. The van der Waals surface area contributed by atoms with Crippen LogP contribution in [0.25, 0.3) is 0 Å². The number of hydrogen-bond donors (Lipinski definition) is 1. The standard InChI is InChI=1S/C8H18N2O3/c1-3-4-6-9(10(12)13)7-5-8(2)11/h8,11H,3-7H2,1-2H3. The number of unbranched alkanes of at least 4 members (excludes halogenated alkanes) is 1. The molecule has 0 aliphatic heterocycles. The molecule has 0 bridgehead atoms. The van der Waals surface area contributed by atoms with Crippen LogP contribution in [-0.2, 0) is 0 Å². The van der Waals surface area contributed by atoms with E-state index in [0.29, 0.717) is 19.5 Å². The van der Waals surface area contributed by atoms with Crippen LogP contribution in [0.15, 0.2) is 0 Å². The van der Waals surface area contributed by atoms with Crippen molar-refractivity contribution in [2.24, 2.45) is 0 Å². The van der Waals surface area contributed by atoms with Crippen molar-refractivity contribution >= 4 is 0 Å². The minimum Gasteiger partial charge on any atom is -0.393 e. The summed E-state index contributed by atoms with van der Waals surface area (Å²) in [7, 11) is 0. The Balaban J connectivity index is 3.74. The van der Waals surface area contributed by atoms with Crippen LogP contribution in [0.1, 0.15) is 33.1 Å². The predicted molar refractivity (Wildman–Crippen MR) is 49.8 cm³/mol. The van der Waals surface area contributed by atoms with Crippen LogP contribution < -0.4 is 0 Å². The van der Waals surface area contributed by atoms with Crippen LogP contribution in [-0.4, -0.2) is 34.3 Å². The zero-order chi connectivity index (χ0) is 10.3. The van der Waals surface area contributed by atoms with E-state index in [9.17, 15) is 10.1 Å². The molecule has 0 amide bonds. The van der Waals surface area contributed by atoms with Gasteiger partial charge in [-0.3, -0.25) is 0 Å². The van der Waals surface area contributed by atoms with Crippen LogP contribution in [0.4, 0.5) is 0 Å². The second-order valence-electron chi connectivity index (χ2n) is 3.18. The van der Waals surface area contributed by atoms with Gasteiger partial charge in [0.2, 0.25) is 0 Å². The molecule has 13 heavy (non-hydrogen) atoms. The Kier molecular flexibility index (Phi) is 6.22. The average Bonchev–Trinajstić information content (AvgIpc) is 2.03. The molecule has 0 heterocycles. The summed E-state index contributed by atoms with van der Waals surface area (Å²) in [6.07, 6.45) is 1.74. The van der Waals surface area contributed by atoms with Crippen molar-refractivity contribution in [2.45, 2.75) is 39.2 Å². The van der Waals surface area contributed by atoms with Crippen LogP contribution in [0.2, 0.25) is 0 Å². The smallest absolute Gasteiger partial charge is 0.160 e. The summed E-state index contributed by atoms with van der Waals surface area (Å²) in [5.74, 6) is 0. The number of aliphatic hydroxyl groups is 1. The normalized spacial score (nSPS) is 12.5. The van der Waals surface area contributed by atoms with Crippen LogP contribution in [0, 0.1) is 10.1 Å².